The zero-order chi connectivity index (χ0) is 20.3. The molecule has 0 spiro atoms. The van der Waals surface area contributed by atoms with Gasteiger partial charge in [-0.15, -0.1) is 0 Å². The van der Waals surface area contributed by atoms with E-state index in [1.54, 1.807) is 5.57 Å². The number of alkyl halides is 1. The molecule has 0 radical (unpaired) electrons. The number of hydrogen-bond donors (Lipinski definition) is 0. The average Bonchev–Trinajstić information content (AvgIpc) is 2.99. The van der Waals surface area contributed by atoms with Crippen molar-refractivity contribution in [1.82, 2.24) is 0 Å². The van der Waals surface area contributed by atoms with Crippen LogP contribution >= 0.6 is 0 Å². The first-order valence-electron chi connectivity index (χ1n) is 12.0. The van der Waals surface area contributed by atoms with E-state index in [-0.39, 0.29) is 0 Å². The van der Waals surface area contributed by atoms with Gasteiger partial charge >= 0.3 is 0 Å². The first kappa shape index (κ1) is 21.8. The molecule has 0 aromatic carbocycles. The van der Waals surface area contributed by atoms with Gasteiger partial charge in [-0.25, -0.2) is 4.39 Å². The molecular formula is C27H43F. The summed E-state index contributed by atoms with van der Waals surface area (Å²) in [6.07, 6.45) is 16.9. The Hall–Kier alpha value is -0.850. The van der Waals surface area contributed by atoms with Gasteiger partial charge in [0.25, 0.3) is 0 Å². The van der Waals surface area contributed by atoms with E-state index in [2.05, 4.69) is 46.4 Å². The van der Waals surface area contributed by atoms with E-state index in [9.17, 15) is 4.39 Å². The monoisotopic (exact) mass is 386 g/mol. The summed E-state index contributed by atoms with van der Waals surface area (Å²) in [5.74, 6) is 3.29. The van der Waals surface area contributed by atoms with Gasteiger partial charge in [0.2, 0.25) is 0 Å². The first-order valence-corrected chi connectivity index (χ1v) is 12.0. The maximum atomic E-state index is 13.8. The summed E-state index contributed by atoms with van der Waals surface area (Å²) in [7, 11) is 0. The van der Waals surface area contributed by atoms with Gasteiger partial charge in [-0.1, -0.05) is 76.8 Å². The highest BCUT2D eigenvalue weighted by atomic mass is 19.1. The minimum absolute atomic E-state index is 0.478. The van der Waals surface area contributed by atoms with E-state index < -0.39 is 6.17 Å². The second-order valence-corrected chi connectivity index (χ2v) is 10.8. The number of allylic oxidation sites excluding steroid dienone is 5. The van der Waals surface area contributed by atoms with Crippen molar-refractivity contribution in [3.8, 4) is 0 Å². The van der Waals surface area contributed by atoms with Crippen molar-refractivity contribution in [3.63, 3.8) is 0 Å². The van der Waals surface area contributed by atoms with Gasteiger partial charge in [0.1, 0.15) is 6.17 Å². The Bertz CT molecular complexity index is 610. The van der Waals surface area contributed by atoms with E-state index >= 15 is 0 Å². The normalized spacial score (nSPS) is 37.6. The predicted molar refractivity (Wildman–Crippen MR) is 120 cm³/mol. The summed E-state index contributed by atoms with van der Waals surface area (Å²) >= 11 is 0. The minimum atomic E-state index is -0.672. The summed E-state index contributed by atoms with van der Waals surface area (Å²) in [5.41, 5.74) is 4.45. The highest BCUT2D eigenvalue weighted by Crippen LogP contribution is 2.59. The van der Waals surface area contributed by atoms with Gasteiger partial charge in [0.15, 0.2) is 0 Å². The van der Waals surface area contributed by atoms with E-state index in [1.807, 2.05) is 0 Å². The molecule has 5 unspecified atom stereocenters. The van der Waals surface area contributed by atoms with Crippen LogP contribution in [0.25, 0.3) is 0 Å². The van der Waals surface area contributed by atoms with Crippen molar-refractivity contribution in [2.24, 2.45) is 29.1 Å². The summed E-state index contributed by atoms with van der Waals surface area (Å²) in [4.78, 5) is 0. The molecule has 0 aliphatic heterocycles. The maximum absolute atomic E-state index is 13.8. The molecular weight excluding hydrogens is 343 g/mol. The molecule has 3 fully saturated rings. The fraction of sp³-hybridized carbons (Fsp3) is 0.778. The summed E-state index contributed by atoms with van der Waals surface area (Å²) < 4.78 is 13.8. The van der Waals surface area contributed by atoms with Crippen molar-refractivity contribution < 1.29 is 4.39 Å². The van der Waals surface area contributed by atoms with Crippen molar-refractivity contribution in [2.45, 2.75) is 104 Å². The van der Waals surface area contributed by atoms with Crippen LogP contribution in [0.3, 0.4) is 0 Å². The zero-order valence-corrected chi connectivity index (χ0v) is 18.9. The number of halogens is 1. The average molecular weight is 387 g/mol. The molecule has 0 nitrogen and oxygen atoms in total. The predicted octanol–water partition coefficient (Wildman–Crippen LogP) is 8.60. The van der Waals surface area contributed by atoms with E-state index in [4.69, 9.17) is 0 Å². The van der Waals surface area contributed by atoms with Crippen LogP contribution in [0.4, 0.5) is 4.39 Å². The lowest BCUT2D eigenvalue weighted by molar-refractivity contribution is 0.0929. The van der Waals surface area contributed by atoms with Crippen LogP contribution in [0.1, 0.15) is 98.3 Å². The Labute approximate surface area is 173 Å². The molecule has 0 heterocycles. The molecule has 0 aromatic rings. The quantitative estimate of drug-likeness (QED) is 0.428. The van der Waals surface area contributed by atoms with Crippen LogP contribution in [0, 0.1) is 29.1 Å². The van der Waals surface area contributed by atoms with Crippen molar-refractivity contribution in [1.29, 1.82) is 0 Å². The zero-order valence-electron chi connectivity index (χ0n) is 18.9. The molecule has 0 bridgehead atoms. The molecule has 1 heteroatoms. The Morgan fingerprint density at radius 3 is 2.64 bits per heavy atom. The molecule has 3 aliphatic rings. The Kier molecular flexibility index (Phi) is 7.26. The topological polar surface area (TPSA) is 0 Å². The highest BCUT2D eigenvalue weighted by molar-refractivity contribution is 5.36. The molecule has 3 rings (SSSR count). The lowest BCUT2D eigenvalue weighted by Gasteiger charge is -2.44. The van der Waals surface area contributed by atoms with Crippen LogP contribution in [0.15, 0.2) is 35.5 Å². The van der Waals surface area contributed by atoms with Gasteiger partial charge in [-0.3, -0.25) is 0 Å². The molecule has 28 heavy (non-hydrogen) atoms. The maximum Gasteiger partial charge on any atom is 0.104 e. The number of rotatable bonds is 6. The van der Waals surface area contributed by atoms with Crippen LogP contribution < -0.4 is 0 Å². The first-order chi connectivity index (χ1) is 13.3. The van der Waals surface area contributed by atoms with E-state index in [1.165, 1.54) is 51.4 Å². The number of hydrogen-bond acceptors (Lipinski definition) is 0. The third-order valence-corrected chi connectivity index (χ3v) is 8.32. The van der Waals surface area contributed by atoms with E-state index in [0.717, 1.165) is 41.2 Å². The van der Waals surface area contributed by atoms with E-state index in [0.29, 0.717) is 18.3 Å². The fourth-order valence-corrected chi connectivity index (χ4v) is 6.63. The largest absolute Gasteiger partial charge is 0.247 e. The third kappa shape index (κ3) is 4.82. The second-order valence-electron chi connectivity index (χ2n) is 10.8. The lowest BCUT2D eigenvalue weighted by Crippen LogP contribution is -2.36. The number of fused-ring (bicyclic) bond motifs is 1. The van der Waals surface area contributed by atoms with Crippen molar-refractivity contribution in [3.05, 3.63) is 35.5 Å². The van der Waals surface area contributed by atoms with Gasteiger partial charge in [-0.05, 0) is 79.6 Å². The summed E-state index contributed by atoms with van der Waals surface area (Å²) in [5, 5.41) is 0. The van der Waals surface area contributed by atoms with Crippen LogP contribution in [-0.4, -0.2) is 6.17 Å². The second kappa shape index (κ2) is 9.31. The standard InChI is InChI=1S/C27H43F/c1-19(2)8-6-9-21(4)25-15-16-26-22(10-7-17-27(25,26)5)12-13-23-18-24(28)14-11-20(23)3/h12-13,19,21,24-26H,3,6-11,14-18H2,1-2,4-5H3/b22-12+,23-13-. The summed E-state index contributed by atoms with van der Waals surface area (Å²) in [6.45, 7) is 14.0. The molecule has 3 aliphatic carbocycles. The molecule has 5 atom stereocenters. The molecule has 0 amide bonds. The van der Waals surface area contributed by atoms with Crippen LogP contribution in [0.5, 0.6) is 0 Å². The SMILES string of the molecule is C=C1CCC(F)C/C1=C/C=C1\CCCC2(C)C1CCC2C(C)CCCC(C)C. The smallest absolute Gasteiger partial charge is 0.104 e. The fourth-order valence-electron chi connectivity index (χ4n) is 6.63. The molecule has 0 N–H and O–H groups in total. The molecule has 3 saturated carbocycles. The Morgan fingerprint density at radius 1 is 1.11 bits per heavy atom. The van der Waals surface area contributed by atoms with Crippen molar-refractivity contribution in [2.75, 3.05) is 0 Å². The van der Waals surface area contributed by atoms with Crippen LogP contribution in [0.2, 0.25) is 0 Å². The highest BCUT2D eigenvalue weighted by Gasteiger charge is 2.50. The van der Waals surface area contributed by atoms with Gasteiger partial charge in [0.05, 0.1) is 0 Å². The molecule has 158 valence electrons. The Balaban J connectivity index is 1.70. The molecule has 0 saturated heterocycles. The summed E-state index contributed by atoms with van der Waals surface area (Å²) in [6, 6.07) is 0. The van der Waals surface area contributed by atoms with Gasteiger partial charge in [-0.2, -0.15) is 0 Å². The van der Waals surface area contributed by atoms with Crippen LogP contribution in [-0.2, 0) is 0 Å². The minimum Gasteiger partial charge on any atom is -0.247 e. The van der Waals surface area contributed by atoms with Gasteiger partial charge < -0.3 is 0 Å². The third-order valence-electron chi connectivity index (χ3n) is 8.32. The molecule has 0 aromatic heterocycles. The Morgan fingerprint density at radius 2 is 1.89 bits per heavy atom. The van der Waals surface area contributed by atoms with Gasteiger partial charge in [0, 0.05) is 6.42 Å². The lowest BCUT2D eigenvalue weighted by atomic mass is 9.60. The van der Waals surface area contributed by atoms with Crippen molar-refractivity contribution >= 4 is 0 Å².